The quantitative estimate of drug-likeness (QED) is 0.251. The van der Waals surface area contributed by atoms with Crippen molar-refractivity contribution in [3.8, 4) is 28.5 Å². The topological polar surface area (TPSA) is 65.8 Å². The van der Waals surface area contributed by atoms with Gasteiger partial charge in [-0.3, -0.25) is 4.79 Å². The van der Waals surface area contributed by atoms with E-state index in [1.165, 1.54) is 11.8 Å². The number of nitriles is 1. The van der Waals surface area contributed by atoms with Gasteiger partial charge in [-0.15, -0.1) is 0 Å². The fourth-order valence-corrected chi connectivity index (χ4v) is 4.81. The normalized spacial score (nSPS) is 10.6. The minimum atomic E-state index is -0.301. The molecule has 0 unspecified atom stereocenters. The fraction of sp³-hybridized carbons (Fsp3) is 0.0741. The molecule has 4 nitrogen and oxygen atoms in total. The van der Waals surface area contributed by atoms with Gasteiger partial charge < -0.3 is 5.32 Å². The Hall–Kier alpha value is -3.01. The third-order valence-electron chi connectivity index (χ3n) is 5.18. The van der Waals surface area contributed by atoms with Crippen molar-refractivity contribution in [1.29, 1.82) is 5.26 Å². The van der Waals surface area contributed by atoms with Crippen molar-refractivity contribution < 1.29 is 4.79 Å². The zero-order valence-electron chi connectivity index (χ0n) is 18.5. The van der Waals surface area contributed by atoms with Crippen molar-refractivity contribution in [3.63, 3.8) is 0 Å². The lowest BCUT2D eigenvalue weighted by molar-refractivity contribution is -0.113. The summed E-state index contributed by atoms with van der Waals surface area (Å²) in [5, 5.41) is 14.4. The third-order valence-corrected chi connectivity index (χ3v) is 7.30. The first kappa shape index (κ1) is 25.1. The highest BCUT2D eigenvalue weighted by Crippen LogP contribution is 2.37. The Morgan fingerprint density at radius 2 is 1.69 bits per heavy atom. The van der Waals surface area contributed by atoms with Crippen LogP contribution < -0.4 is 5.32 Å². The molecule has 35 heavy (non-hydrogen) atoms. The van der Waals surface area contributed by atoms with Crippen molar-refractivity contribution in [2.75, 3.05) is 11.1 Å². The van der Waals surface area contributed by atoms with Gasteiger partial charge in [0.15, 0.2) is 0 Å². The molecule has 1 amide bonds. The van der Waals surface area contributed by atoms with Gasteiger partial charge in [0.1, 0.15) is 11.1 Å². The number of amides is 1. The first-order valence-corrected chi connectivity index (χ1v) is 12.6. The van der Waals surface area contributed by atoms with Gasteiger partial charge in [0.05, 0.1) is 32.7 Å². The molecule has 4 aromatic rings. The lowest BCUT2D eigenvalue weighted by Crippen LogP contribution is -2.14. The van der Waals surface area contributed by atoms with Crippen molar-refractivity contribution in [2.24, 2.45) is 0 Å². The highest BCUT2D eigenvalue weighted by Gasteiger charge is 2.19. The van der Waals surface area contributed by atoms with Crippen LogP contribution in [0.4, 0.5) is 5.69 Å². The summed E-state index contributed by atoms with van der Waals surface area (Å²) in [7, 11) is 0. The van der Waals surface area contributed by atoms with Gasteiger partial charge >= 0.3 is 0 Å². The molecule has 0 bridgehead atoms. The van der Waals surface area contributed by atoms with E-state index >= 15 is 0 Å². The average molecular weight is 539 g/mol. The highest BCUT2D eigenvalue weighted by molar-refractivity contribution is 8.00. The number of pyridine rings is 1. The molecular weight excluding hydrogens is 521 g/mol. The number of benzene rings is 3. The smallest absolute Gasteiger partial charge is 0.234 e. The molecule has 1 aromatic heterocycles. The number of carbonyl (C=O) groups is 1. The van der Waals surface area contributed by atoms with E-state index in [0.29, 0.717) is 37.6 Å². The number of aromatic nitrogens is 1. The van der Waals surface area contributed by atoms with Crippen molar-refractivity contribution in [3.05, 3.63) is 99.0 Å². The molecule has 0 aliphatic carbocycles. The van der Waals surface area contributed by atoms with Crippen molar-refractivity contribution in [1.82, 2.24) is 4.98 Å². The van der Waals surface area contributed by atoms with Crippen LogP contribution in [0.2, 0.25) is 15.1 Å². The van der Waals surface area contributed by atoms with E-state index in [1.807, 2.05) is 55.5 Å². The standard InChI is InChI=1S/C27H18Cl3N3OS/c1-16-9-11-17(12-10-16)24-13-19(18-5-2-3-6-21(18)28)20(14-31)27(33-24)35-15-25(34)32-23-8-4-7-22(29)26(23)30/h2-13H,15H2,1H3,(H,32,34). The predicted octanol–water partition coefficient (Wildman–Crippen LogP) is 8.29. The summed E-state index contributed by atoms with van der Waals surface area (Å²) in [4.78, 5) is 17.4. The Labute approximate surface area is 222 Å². The monoisotopic (exact) mass is 537 g/mol. The minimum Gasteiger partial charge on any atom is -0.324 e. The van der Waals surface area contributed by atoms with Crippen LogP contribution in [0.25, 0.3) is 22.4 Å². The summed E-state index contributed by atoms with van der Waals surface area (Å²) in [5.74, 6) is -0.283. The molecule has 0 saturated heterocycles. The maximum Gasteiger partial charge on any atom is 0.234 e. The summed E-state index contributed by atoms with van der Waals surface area (Å²) in [5.41, 5.74) is 4.85. The number of carbonyl (C=O) groups excluding carboxylic acids is 1. The Balaban J connectivity index is 1.71. The van der Waals surface area contributed by atoms with E-state index < -0.39 is 0 Å². The van der Waals surface area contributed by atoms with Crippen LogP contribution in [-0.2, 0) is 4.79 Å². The summed E-state index contributed by atoms with van der Waals surface area (Å²) >= 11 is 19.9. The van der Waals surface area contributed by atoms with Gasteiger partial charge in [-0.2, -0.15) is 5.26 Å². The molecule has 0 aliphatic heterocycles. The number of halogens is 3. The Morgan fingerprint density at radius 1 is 0.971 bits per heavy atom. The Morgan fingerprint density at radius 3 is 2.40 bits per heavy atom. The number of anilines is 1. The Kier molecular flexibility index (Phi) is 8.00. The van der Waals surface area contributed by atoms with Gasteiger partial charge in [-0.1, -0.05) is 101 Å². The van der Waals surface area contributed by atoms with Gasteiger partial charge in [-0.05, 0) is 31.2 Å². The minimum absolute atomic E-state index is 0.0177. The molecular formula is C27H18Cl3N3OS. The Bertz CT molecular complexity index is 1450. The summed E-state index contributed by atoms with van der Waals surface area (Å²) < 4.78 is 0. The fourth-order valence-electron chi connectivity index (χ4n) is 3.42. The second-order valence-corrected chi connectivity index (χ2v) is 9.79. The molecule has 0 aliphatic rings. The van der Waals surface area contributed by atoms with Crippen LogP contribution >= 0.6 is 46.6 Å². The number of hydrogen-bond donors (Lipinski definition) is 1. The molecule has 0 atom stereocenters. The number of thioether (sulfide) groups is 1. The summed E-state index contributed by atoms with van der Waals surface area (Å²) in [6, 6.07) is 24.4. The maximum atomic E-state index is 12.7. The molecule has 4 rings (SSSR count). The van der Waals surface area contributed by atoms with Crippen LogP contribution in [0.15, 0.2) is 77.8 Å². The largest absolute Gasteiger partial charge is 0.324 e. The van der Waals surface area contributed by atoms with E-state index in [9.17, 15) is 10.1 Å². The number of hydrogen-bond acceptors (Lipinski definition) is 4. The zero-order valence-corrected chi connectivity index (χ0v) is 21.6. The van der Waals surface area contributed by atoms with E-state index in [0.717, 1.165) is 16.7 Å². The molecule has 3 aromatic carbocycles. The van der Waals surface area contributed by atoms with Crippen LogP contribution in [-0.4, -0.2) is 16.6 Å². The molecule has 0 saturated carbocycles. The number of nitrogens with zero attached hydrogens (tertiary/aromatic N) is 2. The zero-order chi connectivity index (χ0) is 24.9. The lowest BCUT2D eigenvalue weighted by atomic mass is 9.99. The number of nitrogens with one attached hydrogen (secondary N) is 1. The maximum absolute atomic E-state index is 12.7. The lowest BCUT2D eigenvalue weighted by Gasteiger charge is -2.14. The molecule has 0 radical (unpaired) electrons. The van der Waals surface area contributed by atoms with Crippen LogP contribution in [0.5, 0.6) is 0 Å². The molecule has 8 heteroatoms. The second-order valence-electron chi connectivity index (χ2n) is 7.63. The van der Waals surface area contributed by atoms with Crippen LogP contribution in [0.3, 0.4) is 0 Å². The van der Waals surface area contributed by atoms with E-state index in [4.69, 9.17) is 39.8 Å². The average Bonchev–Trinajstić information content (AvgIpc) is 2.86. The molecule has 174 valence electrons. The van der Waals surface area contributed by atoms with Gasteiger partial charge in [0, 0.05) is 21.7 Å². The van der Waals surface area contributed by atoms with Crippen molar-refractivity contribution >= 4 is 58.2 Å². The van der Waals surface area contributed by atoms with Crippen LogP contribution in [0, 0.1) is 18.3 Å². The number of rotatable bonds is 6. The molecule has 1 N–H and O–H groups in total. The van der Waals surface area contributed by atoms with Crippen molar-refractivity contribution in [2.45, 2.75) is 11.9 Å². The van der Waals surface area contributed by atoms with E-state index in [2.05, 4.69) is 11.4 Å². The van der Waals surface area contributed by atoms with E-state index in [1.54, 1.807) is 24.3 Å². The second kappa shape index (κ2) is 11.2. The van der Waals surface area contributed by atoms with Crippen LogP contribution in [0.1, 0.15) is 11.1 Å². The van der Waals surface area contributed by atoms with Gasteiger partial charge in [-0.25, -0.2) is 4.98 Å². The SMILES string of the molecule is Cc1ccc(-c2cc(-c3ccccc3Cl)c(C#N)c(SCC(=O)Nc3cccc(Cl)c3Cl)n2)cc1. The predicted molar refractivity (Wildman–Crippen MR) is 145 cm³/mol. The highest BCUT2D eigenvalue weighted by atomic mass is 35.5. The van der Waals surface area contributed by atoms with E-state index in [-0.39, 0.29) is 16.7 Å². The number of aryl methyl sites for hydroxylation is 1. The first-order valence-electron chi connectivity index (χ1n) is 10.5. The third kappa shape index (κ3) is 5.80. The summed E-state index contributed by atoms with van der Waals surface area (Å²) in [6.45, 7) is 2.01. The first-order chi connectivity index (χ1) is 16.9. The molecule has 0 spiro atoms. The molecule has 1 heterocycles. The van der Waals surface area contributed by atoms with Gasteiger partial charge in [0.25, 0.3) is 0 Å². The van der Waals surface area contributed by atoms with Gasteiger partial charge in [0.2, 0.25) is 5.91 Å². The summed E-state index contributed by atoms with van der Waals surface area (Å²) in [6.07, 6.45) is 0. The molecule has 0 fully saturated rings.